The van der Waals surface area contributed by atoms with Crippen LogP contribution in [0.1, 0.15) is 0 Å². The van der Waals surface area contributed by atoms with E-state index in [1.54, 1.807) is 23.4 Å². The molecule has 0 bridgehead atoms. The first kappa shape index (κ1) is 8.01. The van der Waals surface area contributed by atoms with E-state index < -0.39 is 6.35 Å². The summed E-state index contributed by atoms with van der Waals surface area (Å²) in [6, 6.07) is 9.64. The molecule has 2 rings (SSSR count). The summed E-state index contributed by atoms with van der Waals surface area (Å²) in [5.41, 5.74) is 0.933. The lowest BCUT2D eigenvalue weighted by atomic mass is 10.3. The third-order valence-electron chi connectivity index (χ3n) is 1.86. The van der Waals surface area contributed by atoms with E-state index in [-0.39, 0.29) is 0 Å². The molecule has 0 spiro atoms. The van der Waals surface area contributed by atoms with Gasteiger partial charge in [-0.25, -0.2) is 4.99 Å². The highest BCUT2D eigenvalue weighted by Crippen LogP contribution is 2.17. The lowest BCUT2D eigenvalue weighted by Gasteiger charge is -2.24. The highest BCUT2D eigenvalue weighted by Gasteiger charge is 2.12. The molecule has 0 amide bonds. The summed E-state index contributed by atoms with van der Waals surface area (Å²) in [6.45, 7) is 0. The van der Waals surface area contributed by atoms with Crippen LogP contribution in [-0.2, 0) is 0 Å². The van der Waals surface area contributed by atoms with Crippen LogP contribution in [0.5, 0.6) is 0 Å². The summed E-state index contributed by atoms with van der Waals surface area (Å²) in [5, 5.41) is 9.50. The molecule has 66 valence electrons. The molecule has 13 heavy (non-hydrogen) atoms. The van der Waals surface area contributed by atoms with Crippen molar-refractivity contribution in [3.63, 3.8) is 0 Å². The van der Waals surface area contributed by atoms with Gasteiger partial charge in [0.05, 0.1) is 0 Å². The minimum absolute atomic E-state index is 0.799. The zero-order chi connectivity index (χ0) is 9.10. The molecule has 3 heteroatoms. The Morgan fingerprint density at radius 1 is 1.23 bits per heavy atom. The van der Waals surface area contributed by atoms with Crippen molar-refractivity contribution in [3.8, 4) is 0 Å². The Labute approximate surface area is 76.6 Å². The Bertz CT molecular complexity index is 332. The Morgan fingerprint density at radius 3 is 2.69 bits per heavy atom. The molecule has 1 atom stereocenters. The second-order valence-electron chi connectivity index (χ2n) is 2.73. The SMILES string of the molecule is OC1N=CC=CN1c1ccccc1. The van der Waals surface area contributed by atoms with Crippen molar-refractivity contribution in [2.75, 3.05) is 4.90 Å². The van der Waals surface area contributed by atoms with E-state index in [0.29, 0.717) is 0 Å². The fourth-order valence-corrected chi connectivity index (χ4v) is 1.23. The van der Waals surface area contributed by atoms with E-state index in [2.05, 4.69) is 4.99 Å². The van der Waals surface area contributed by atoms with Gasteiger partial charge in [0, 0.05) is 18.1 Å². The van der Waals surface area contributed by atoms with Gasteiger partial charge in [-0.2, -0.15) is 0 Å². The summed E-state index contributed by atoms with van der Waals surface area (Å²) >= 11 is 0. The molecule has 1 unspecified atom stereocenters. The highest BCUT2D eigenvalue weighted by molar-refractivity contribution is 5.74. The van der Waals surface area contributed by atoms with Gasteiger partial charge in [-0.3, -0.25) is 0 Å². The first-order valence-electron chi connectivity index (χ1n) is 4.09. The van der Waals surface area contributed by atoms with Crippen LogP contribution in [0.2, 0.25) is 0 Å². The van der Waals surface area contributed by atoms with E-state index in [1.807, 2.05) is 30.3 Å². The number of rotatable bonds is 1. The van der Waals surface area contributed by atoms with Crippen molar-refractivity contribution in [1.82, 2.24) is 0 Å². The van der Waals surface area contributed by atoms with Crippen LogP contribution in [0.4, 0.5) is 5.69 Å². The molecule has 3 nitrogen and oxygen atoms in total. The highest BCUT2D eigenvalue weighted by atomic mass is 16.3. The number of hydrogen-bond acceptors (Lipinski definition) is 3. The second kappa shape index (κ2) is 3.41. The number of benzene rings is 1. The monoisotopic (exact) mass is 174 g/mol. The van der Waals surface area contributed by atoms with Gasteiger partial charge in [-0.05, 0) is 18.2 Å². The number of para-hydroxylation sites is 1. The molecule has 1 heterocycles. The third kappa shape index (κ3) is 1.60. The molecule has 1 aromatic carbocycles. The van der Waals surface area contributed by atoms with Gasteiger partial charge in [0.15, 0.2) is 0 Å². The van der Waals surface area contributed by atoms with Gasteiger partial charge in [0.2, 0.25) is 6.35 Å². The number of nitrogens with zero attached hydrogens (tertiary/aromatic N) is 2. The maximum atomic E-state index is 9.50. The second-order valence-corrected chi connectivity index (χ2v) is 2.73. The minimum Gasteiger partial charge on any atom is -0.355 e. The molecular formula is C10H10N2O. The van der Waals surface area contributed by atoms with Crippen LogP contribution in [-0.4, -0.2) is 17.7 Å². The first-order chi connectivity index (χ1) is 6.38. The summed E-state index contributed by atoms with van der Waals surface area (Å²) in [6.07, 6.45) is 4.38. The summed E-state index contributed by atoms with van der Waals surface area (Å²) < 4.78 is 0. The van der Waals surface area contributed by atoms with Crippen molar-refractivity contribution < 1.29 is 5.11 Å². The van der Waals surface area contributed by atoms with E-state index >= 15 is 0 Å². The van der Waals surface area contributed by atoms with Crippen LogP contribution in [0.3, 0.4) is 0 Å². The third-order valence-corrected chi connectivity index (χ3v) is 1.86. The number of anilines is 1. The van der Waals surface area contributed by atoms with Gasteiger partial charge in [-0.15, -0.1) is 0 Å². The molecule has 1 aromatic rings. The Morgan fingerprint density at radius 2 is 2.00 bits per heavy atom. The smallest absolute Gasteiger partial charge is 0.229 e. The molecule has 1 aliphatic heterocycles. The molecule has 0 radical (unpaired) electrons. The summed E-state index contributed by atoms with van der Waals surface area (Å²) in [5.74, 6) is 0. The van der Waals surface area contributed by atoms with Crippen LogP contribution in [0, 0.1) is 0 Å². The predicted molar refractivity (Wildman–Crippen MR) is 52.6 cm³/mol. The largest absolute Gasteiger partial charge is 0.355 e. The molecule has 0 saturated heterocycles. The summed E-state index contributed by atoms with van der Waals surface area (Å²) in [4.78, 5) is 5.55. The van der Waals surface area contributed by atoms with Crippen LogP contribution in [0.25, 0.3) is 0 Å². The normalized spacial score (nSPS) is 20.7. The van der Waals surface area contributed by atoms with E-state index in [1.165, 1.54) is 0 Å². The molecule has 0 aliphatic carbocycles. The fourth-order valence-electron chi connectivity index (χ4n) is 1.23. The zero-order valence-corrected chi connectivity index (χ0v) is 7.04. The number of allylic oxidation sites excluding steroid dienone is 1. The maximum Gasteiger partial charge on any atom is 0.229 e. The average molecular weight is 174 g/mol. The predicted octanol–water partition coefficient (Wildman–Crippen LogP) is 1.37. The quantitative estimate of drug-likeness (QED) is 0.698. The van der Waals surface area contributed by atoms with Gasteiger partial charge < -0.3 is 10.0 Å². The lowest BCUT2D eigenvalue weighted by Crippen LogP contribution is -2.30. The van der Waals surface area contributed by atoms with Crippen LogP contribution < -0.4 is 4.90 Å². The fraction of sp³-hybridized carbons (Fsp3) is 0.100. The molecule has 1 N–H and O–H groups in total. The number of aliphatic imine (C=N–C) groups is 1. The minimum atomic E-state index is -0.799. The number of hydrogen-bond donors (Lipinski definition) is 1. The molecule has 0 fully saturated rings. The Kier molecular flexibility index (Phi) is 2.10. The van der Waals surface area contributed by atoms with Gasteiger partial charge in [0.1, 0.15) is 0 Å². The number of aliphatic hydroxyl groups is 1. The Balaban J connectivity index is 2.27. The van der Waals surface area contributed by atoms with Crippen molar-refractivity contribution in [2.24, 2.45) is 4.99 Å². The first-order valence-corrected chi connectivity index (χ1v) is 4.09. The number of aliphatic hydroxyl groups excluding tert-OH is 1. The van der Waals surface area contributed by atoms with E-state index in [0.717, 1.165) is 5.69 Å². The van der Waals surface area contributed by atoms with Crippen LogP contribution >= 0.6 is 0 Å². The van der Waals surface area contributed by atoms with E-state index in [9.17, 15) is 5.11 Å². The zero-order valence-electron chi connectivity index (χ0n) is 7.04. The summed E-state index contributed by atoms with van der Waals surface area (Å²) in [7, 11) is 0. The standard InChI is InChI=1S/C10H10N2O/c13-10-11-7-4-8-12(10)9-5-2-1-3-6-9/h1-8,10,13H. The van der Waals surface area contributed by atoms with Crippen molar-refractivity contribution in [2.45, 2.75) is 6.35 Å². The van der Waals surface area contributed by atoms with Gasteiger partial charge in [-0.1, -0.05) is 18.2 Å². The molecular weight excluding hydrogens is 164 g/mol. The van der Waals surface area contributed by atoms with Crippen molar-refractivity contribution in [3.05, 3.63) is 42.6 Å². The topological polar surface area (TPSA) is 35.8 Å². The lowest BCUT2D eigenvalue weighted by molar-refractivity contribution is 0.189. The Hall–Kier alpha value is -1.61. The van der Waals surface area contributed by atoms with E-state index in [4.69, 9.17) is 0 Å². The molecule has 1 aliphatic rings. The van der Waals surface area contributed by atoms with Gasteiger partial charge in [0.25, 0.3) is 0 Å². The molecule has 0 saturated carbocycles. The van der Waals surface area contributed by atoms with Crippen LogP contribution in [0.15, 0.2) is 47.6 Å². The average Bonchev–Trinajstić information content (AvgIpc) is 2.20. The van der Waals surface area contributed by atoms with Gasteiger partial charge >= 0.3 is 0 Å². The van der Waals surface area contributed by atoms with Crippen molar-refractivity contribution in [1.29, 1.82) is 0 Å². The van der Waals surface area contributed by atoms with Crippen molar-refractivity contribution >= 4 is 11.9 Å². The maximum absolute atomic E-state index is 9.50. The molecule has 0 aromatic heterocycles.